The maximum Gasteiger partial charge on any atom is 0.0541 e. The van der Waals surface area contributed by atoms with Gasteiger partial charge in [0.1, 0.15) is 0 Å². The molecule has 0 atom stereocenters. The highest BCUT2D eigenvalue weighted by Gasteiger charge is 1.99. The highest BCUT2D eigenvalue weighted by molar-refractivity contribution is 5.14. The van der Waals surface area contributed by atoms with Crippen LogP contribution >= 0.6 is 0 Å². The van der Waals surface area contributed by atoms with Gasteiger partial charge in [-0.3, -0.25) is 0 Å². The summed E-state index contributed by atoms with van der Waals surface area (Å²) in [5.41, 5.74) is 2.50. The molecule has 2 rings (SSSR count). The second kappa shape index (κ2) is 6.06. The van der Waals surface area contributed by atoms with E-state index in [0.29, 0.717) is 0 Å². The minimum absolute atomic E-state index is 0.760. The van der Waals surface area contributed by atoms with Gasteiger partial charge < -0.3 is 4.57 Å². The molecule has 0 amide bonds. The Kier molecular flexibility index (Phi) is 4.17. The first-order chi connectivity index (χ1) is 8.40. The summed E-state index contributed by atoms with van der Waals surface area (Å²) in [4.78, 5) is 0. The number of rotatable bonds is 6. The Hall–Kier alpha value is -1.80. The Labute approximate surface area is 103 Å². The third kappa shape index (κ3) is 3.33. The maximum atomic E-state index is 4.57. The van der Waals surface area contributed by atoms with Gasteiger partial charge in [-0.05, 0) is 17.7 Å². The predicted molar refractivity (Wildman–Crippen MR) is 70.6 cm³/mol. The Morgan fingerprint density at radius 3 is 2.65 bits per heavy atom. The molecule has 0 fully saturated rings. The summed E-state index contributed by atoms with van der Waals surface area (Å²) in [5.74, 6) is 0. The molecule has 0 aliphatic heterocycles. The molecule has 1 aromatic heterocycles. The van der Waals surface area contributed by atoms with Crippen molar-refractivity contribution in [2.75, 3.05) is 0 Å². The molecule has 2 heteroatoms. The van der Waals surface area contributed by atoms with Crippen LogP contribution in [0.4, 0.5) is 0 Å². The summed E-state index contributed by atoms with van der Waals surface area (Å²) in [6.07, 6.45) is 3.97. The zero-order chi connectivity index (χ0) is 11.9. The molecule has 87 valence electrons. The van der Waals surface area contributed by atoms with Gasteiger partial charge in [0.25, 0.3) is 0 Å². The van der Waals surface area contributed by atoms with E-state index in [0.717, 1.165) is 19.6 Å². The highest BCUT2D eigenvalue weighted by atomic mass is 15.0. The molecule has 0 N–H and O–H groups in total. The van der Waals surface area contributed by atoms with E-state index < -0.39 is 0 Å². The number of hydrogen-bond donors (Lipinski definition) is 0. The molecule has 17 heavy (non-hydrogen) atoms. The third-order valence-electron chi connectivity index (χ3n) is 2.66. The molecule has 0 saturated carbocycles. The van der Waals surface area contributed by atoms with Crippen molar-refractivity contribution in [1.29, 1.82) is 0 Å². The average molecular weight is 225 g/mol. The van der Waals surface area contributed by atoms with Crippen LogP contribution in [0.15, 0.2) is 61.3 Å². The fourth-order valence-corrected chi connectivity index (χ4v) is 1.79. The second-order valence-electron chi connectivity index (χ2n) is 3.97. The maximum absolute atomic E-state index is 4.57. The van der Waals surface area contributed by atoms with Gasteiger partial charge in [0.05, 0.1) is 6.54 Å². The summed E-state index contributed by atoms with van der Waals surface area (Å²) in [6.45, 7) is 6.14. The smallest absolute Gasteiger partial charge is 0.0541 e. The molecule has 1 radical (unpaired) electrons. The minimum atomic E-state index is 0.760. The highest BCUT2D eigenvalue weighted by Crippen LogP contribution is 2.04. The lowest BCUT2D eigenvalue weighted by Crippen LogP contribution is -2.09. The van der Waals surface area contributed by atoms with E-state index in [2.05, 4.69) is 46.9 Å². The summed E-state index contributed by atoms with van der Waals surface area (Å²) in [5, 5.41) is 4.57. The van der Waals surface area contributed by atoms with Crippen molar-refractivity contribution in [1.82, 2.24) is 9.88 Å². The van der Waals surface area contributed by atoms with E-state index in [1.54, 1.807) is 0 Å². The first kappa shape index (κ1) is 11.7. The van der Waals surface area contributed by atoms with Gasteiger partial charge >= 0.3 is 0 Å². The summed E-state index contributed by atoms with van der Waals surface area (Å²) in [7, 11) is 0. The Morgan fingerprint density at radius 2 is 1.88 bits per heavy atom. The fraction of sp³-hybridized carbons (Fsp3) is 0.200. The average Bonchev–Trinajstić information content (AvgIpc) is 2.79. The summed E-state index contributed by atoms with van der Waals surface area (Å²) < 4.78 is 2.17. The zero-order valence-electron chi connectivity index (χ0n) is 9.92. The van der Waals surface area contributed by atoms with E-state index in [4.69, 9.17) is 0 Å². The van der Waals surface area contributed by atoms with Crippen LogP contribution in [0.3, 0.4) is 0 Å². The molecule has 2 aromatic rings. The van der Waals surface area contributed by atoms with E-state index in [-0.39, 0.29) is 0 Å². The number of aromatic nitrogens is 1. The normalized spacial score (nSPS) is 10.4. The van der Waals surface area contributed by atoms with Crippen LogP contribution in [0.25, 0.3) is 0 Å². The van der Waals surface area contributed by atoms with E-state index in [1.807, 2.05) is 24.3 Å². The Balaban J connectivity index is 1.86. The number of nitrogens with zero attached hydrogens (tertiary/aromatic N) is 2. The molecule has 0 bridgehead atoms. The molecule has 1 heterocycles. The molecule has 0 saturated heterocycles. The van der Waals surface area contributed by atoms with Crippen LogP contribution in [0.5, 0.6) is 0 Å². The lowest BCUT2D eigenvalue weighted by atomic mass is 10.2. The molecular formula is C15H17N2. The SMILES string of the molecule is C=CCn1cccc1C[N]Cc1ccccc1. The van der Waals surface area contributed by atoms with Gasteiger partial charge in [0.15, 0.2) is 0 Å². The molecule has 0 aliphatic carbocycles. The van der Waals surface area contributed by atoms with Gasteiger partial charge in [-0.25, -0.2) is 5.32 Å². The van der Waals surface area contributed by atoms with Crippen LogP contribution < -0.4 is 5.32 Å². The fourth-order valence-electron chi connectivity index (χ4n) is 1.79. The van der Waals surface area contributed by atoms with Crippen LogP contribution in [-0.2, 0) is 19.6 Å². The monoisotopic (exact) mass is 225 g/mol. The van der Waals surface area contributed by atoms with E-state index in [9.17, 15) is 0 Å². The van der Waals surface area contributed by atoms with Gasteiger partial charge in [0.2, 0.25) is 0 Å². The lowest BCUT2D eigenvalue weighted by Gasteiger charge is -2.06. The van der Waals surface area contributed by atoms with Crippen molar-refractivity contribution in [2.45, 2.75) is 19.6 Å². The number of benzene rings is 1. The first-order valence-electron chi connectivity index (χ1n) is 5.82. The van der Waals surface area contributed by atoms with Crippen LogP contribution in [0.1, 0.15) is 11.3 Å². The number of allylic oxidation sites excluding steroid dienone is 1. The third-order valence-corrected chi connectivity index (χ3v) is 2.66. The molecule has 0 spiro atoms. The summed E-state index contributed by atoms with van der Waals surface area (Å²) >= 11 is 0. The topological polar surface area (TPSA) is 19.0 Å². The number of hydrogen-bond acceptors (Lipinski definition) is 0. The van der Waals surface area contributed by atoms with Gasteiger partial charge in [0, 0.05) is 25.0 Å². The zero-order valence-corrected chi connectivity index (χ0v) is 9.92. The van der Waals surface area contributed by atoms with Crippen molar-refractivity contribution >= 4 is 0 Å². The van der Waals surface area contributed by atoms with Crippen molar-refractivity contribution in [3.05, 3.63) is 72.6 Å². The van der Waals surface area contributed by atoms with E-state index in [1.165, 1.54) is 11.3 Å². The van der Waals surface area contributed by atoms with Crippen molar-refractivity contribution in [3.8, 4) is 0 Å². The molecule has 1 aromatic carbocycles. The van der Waals surface area contributed by atoms with Crippen LogP contribution in [0, 0.1) is 0 Å². The summed E-state index contributed by atoms with van der Waals surface area (Å²) in [6, 6.07) is 14.5. The van der Waals surface area contributed by atoms with E-state index >= 15 is 0 Å². The van der Waals surface area contributed by atoms with Crippen molar-refractivity contribution < 1.29 is 0 Å². The molecular weight excluding hydrogens is 208 g/mol. The van der Waals surface area contributed by atoms with Gasteiger partial charge in [-0.15, -0.1) is 6.58 Å². The van der Waals surface area contributed by atoms with Crippen molar-refractivity contribution in [3.63, 3.8) is 0 Å². The standard InChI is InChI=1S/C15H17N2/c1-2-10-17-11-6-9-15(17)13-16-12-14-7-4-3-5-8-14/h2-9,11H,1,10,12-13H2. The molecule has 2 nitrogen and oxygen atoms in total. The van der Waals surface area contributed by atoms with Crippen LogP contribution in [0.2, 0.25) is 0 Å². The largest absolute Gasteiger partial charge is 0.346 e. The second-order valence-corrected chi connectivity index (χ2v) is 3.97. The van der Waals surface area contributed by atoms with Gasteiger partial charge in [-0.2, -0.15) is 0 Å². The Bertz CT molecular complexity index is 457. The van der Waals surface area contributed by atoms with Gasteiger partial charge in [-0.1, -0.05) is 36.4 Å². The van der Waals surface area contributed by atoms with Crippen LogP contribution in [-0.4, -0.2) is 4.57 Å². The predicted octanol–water partition coefficient (Wildman–Crippen LogP) is 2.98. The molecule has 0 aliphatic rings. The first-order valence-corrected chi connectivity index (χ1v) is 5.82. The quantitative estimate of drug-likeness (QED) is 0.673. The minimum Gasteiger partial charge on any atom is -0.346 e. The Morgan fingerprint density at radius 1 is 1.06 bits per heavy atom. The lowest BCUT2D eigenvalue weighted by molar-refractivity contribution is 0.630. The molecule has 0 unspecified atom stereocenters. The van der Waals surface area contributed by atoms with Crippen molar-refractivity contribution in [2.24, 2.45) is 0 Å².